The summed E-state index contributed by atoms with van der Waals surface area (Å²) in [6.45, 7) is 11.3. The summed E-state index contributed by atoms with van der Waals surface area (Å²) in [5.74, 6) is -3.35. The molecular formula is C38H59N7O9S. The van der Waals surface area contributed by atoms with Gasteiger partial charge in [0.15, 0.2) is 0 Å². The molecule has 3 unspecified atom stereocenters. The van der Waals surface area contributed by atoms with Crippen molar-refractivity contribution < 1.29 is 41.9 Å². The molecule has 17 heteroatoms. The molecular weight excluding hydrogens is 731 g/mol. The van der Waals surface area contributed by atoms with Gasteiger partial charge in [-0.1, -0.05) is 85.1 Å². The second kappa shape index (κ2) is 17.3. The fourth-order valence-electron chi connectivity index (χ4n) is 7.05. The van der Waals surface area contributed by atoms with Crippen molar-refractivity contribution in [1.29, 1.82) is 0 Å². The number of carbonyl (C=O) groups excluding carboxylic acids is 6. The van der Waals surface area contributed by atoms with E-state index < -0.39 is 86.8 Å². The molecule has 6 amide bonds. The number of likely N-dealkylation sites (tertiary alicyclic amines) is 1. The van der Waals surface area contributed by atoms with Crippen LogP contribution >= 0.6 is 0 Å². The number of nitrogens with two attached hydrogens (primary N) is 1. The topological polar surface area (TPSA) is 218 Å². The minimum Gasteiger partial charge on any atom is -0.444 e. The molecule has 0 spiro atoms. The third kappa shape index (κ3) is 11.4. The van der Waals surface area contributed by atoms with Crippen molar-refractivity contribution in [3.63, 3.8) is 0 Å². The van der Waals surface area contributed by atoms with Gasteiger partial charge in [-0.15, -0.1) is 0 Å². The van der Waals surface area contributed by atoms with Gasteiger partial charge >= 0.3 is 12.1 Å². The Kier molecular flexibility index (Phi) is 13.6. The van der Waals surface area contributed by atoms with Crippen molar-refractivity contribution in [2.24, 2.45) is 22.5 Å². The second-order valence-electron chi connectivity index (χ2n) is 17.4. The van der Waals surface area contributed by atoms with E-state index in [9.17, 15) is 37.2 Å². The number of carbonyl (C=O) groups is 6. The van der Waals surface area contributed by atoms with Gasteiger partial charge in [0.25, 0.3) is 5.91 Å². The summed E-state index contributed by atoms with van der Waals surface area (Å²) in [7, 11) is -2.15. The van der Waals surface area contributed by atoms with E-state index in [0.717, 1.165) is 41.0 Å². The van der Waals surface area contributed by atoms with Gasteiger partial charge in [0.1, 0.15) is 18.2 Å². The number of ketones is 1. The average molecular weight is 790 g/mol. The number of nitrogens with one attached hydrogen (secondary N) is 3. The number of Topliss-reactive ketones (excluding diaryl/α,β-unsaturated/α-hetero) is 1. The van der Waals surface area contributed by atoms with E-state index in [-0.39, 0.29) is 31.8 Å². The van der Waals surface area contributed by atoms with E-state index in [0.29, 0.717) is 19.5 Å². The van der Waals surface area contributed by atoms with E-state index in [1.54, 1.807) is 25.7 Å². The Bertz CT molecular complexity index is 1740. The molecule has 0 aromatic heterocycles. The number of benzene rings is 1. The highest BCUT2D eigenvalue weighted by molar-refractivity contribution is 7.88. The largest absolute Gasteiger partial charge is 0.444 e. The number of likely N-dealkylation sites (N-methyl/N-ethyl adjacent to an activating group) is 1. The molecule has 3 aliphatic rings. The van der Waals surface area contributed by atoms with Crippen molar-refractivity contribution in [2.45, 2.75) is 117 Å². The molecule has 4 rings (SSSR count). The summed E-state index contributed by atoms with van der Waals surface area (Å²) >= 11 is 0. The van der Waals surface area contributed by atoms with Crippen LogP contribution in [0.1, 0.15) is 84.8 Å². The van der Waals surface area contributed by atoms with Gasteiger partial charge in [0.2, 0.25) is 27.6 Å². The van der Waals surface area contributed by atoms with Crippen LogP contribution in [0, 0.1) is 16.7 Å². The van der Waals surface area contributed by atoms with Crippen LogP contribution in [0.3, 0.4) is 0 Å². The summed E-state index contributed by atoms with van der Waals surface area (Å²) in [6.07, 6.45) is 2.98. The molecule has 1 aromatic rings. The lowest BCUT2D eigenvalue weighted by Crippen LogP contribution is -2.62. The molecule has 0 radical (unpaired) electrons. The summed E-state index contributed by atoms with van der Waals surface area (Å²) < 4.78 is 31.4. The van der Waals surface area contributed by atoms with Crippen molar-refractivity contribution in [1.82, 2.24) is 30.1 Å². The first-order valence-corrected chi connectivity index (χ1v) is 20.8. The maximum atomic E-state index is 14.6. The molecule has 1 aliphatic carbocycles. The molecule has 0 bridgehead atoms. The fraction of sp³-hybridized carbons (Fsp3) is 0.684. The van der Waals surface area contributed by atoms with Crippen LogP contribution in [-0.2, 0) is 46.9 Å². The minimum absolute atomic E-state index is 0.0278. The van der Waals surface area contributed by atoms with Crippen LogP contribution < -0.4 is 21.7 Å². The Hall–Kier alpha value is -4.25. The zero-order valence-electron chi connectivity index (χ0n) is 33.3. The van der Waals surface area contributed by atoms with Gasteiger partial charge in [0.05, 0.1) is 18.8 Å². The van der Waals surface area contributed by atoms with Crippen LogP contribution in [-0.4, -0.2) is 121 Å². The van der Waals surface area contributed by atoms with Crippen LogP contribution in [0.4, 0.5) is 9.59 Å². The Labute approximate surface area is 324 Å². The average Bonchev–Trinajstić information content (AvgIpc) is 3.49. The monoisotopic (exact) mass is 789 g/mol. The van der Waals surface area contributed by atoms with Crippen LogP contribution in [0.5, 0.6) is 0 Å². The quantitative estimate of drug-likeness (QED) is 0.214. The highest BCUT2D eigenvalue weighted by Crippen LogP contribution is 2.32. The lowest BCUT2D eigenvalue weighted by molar-refractivity contribution is -0.143. The molecule has 2 heterocycles. The van der Waals surface area contributed by atoms with E-state index in [1.807, 2.05) is 45.0 Å². The standard InChI is InChI=1S/C38H59N7O9S/c1-37(2,3)29(22-43(7)55(8,52)53)41-35(50)42-31(38(4,5)6)34(49)45-21-26(54-36(51)44-17-16-24-14-9-10-15-25(24)20-44)19-28(45)33(48)40-27(30(46)32(39)47)18-23-12-11-13-23/h9-10,14-15,23,26-29,31H,11-13,16-22H2,1-8H3,(H2,39,47)(H,40,48)(H2,41,42,50)/t26-,27?,28+,29?,31?/m1/s1. The number of urea groups is 1. The number of sulfonamides is 1. The molecule has 1 saturated heterocycles. The fourth-order valence-corrected chi connectivity index (χ4v) is 7.47. The summed E-state index contributed by atoms with van der Waals surface area (Å²) in [4.78, 5) is 83.4. The van der Waals surface area contributed by atoms with Crippen LogP contribution in [0.25, 0.3) is 0 Å². The first kappa shape index (κ1) is 43.5. The van der Waals surface area contributed by atoms with Gasteiger partial charge in [-0.05, 0) is 40.7 Å². The van der Waals surface area contributed by atoms with Gasteiger partial charge in [-0.3, -0.25) is 19.2 Å². The van der Waals surface area contributed by atoms with Crippen molar-refractivity contribution in [2.75, 3.05) is 32.9 Å². The zero-order chi connectivity index (χ0) is 41.0. The van der Waals surface area contributed by atoms with E-state index in [2.05, 4.69) is 16.0 Å². The lowest BCUT2D eigenvalue weighted by atomic mass is 9.80. The van der Waals surface area contributed by atoms with Gasteiger partial charge in [-0.2, -0.15) is 0 Å². The maximum absolute atomic E-state index is 14.6. The normalized spacial score (nSPS) is 20.7. The molecule has 5 N–H and O–H groups in total. The molecule has 5 atom stereocenters. The number of fused-ring (bicyclic) bond motifs is 1. The third-order valence-electron chi connectivity index (χ3n) is 10.9. The summed E-state index contributed by atoms with van der Waals surface area (Å²) in [5, 5.41) is 8.28. The number of hydrogen-bond donors (Lipinski definition) is 4. The SMILES string of the molecule is CN(CC(NC(=O)NC(C(=O)N1C[C@H](OC(=O)N2CCc3ccccc3C2)C[C@H]1C(=O)NC(CC1CCC1)C(=O)C(N)=O)C(C)(C)C)C(C)(C)C)S(C)(=O)=O. The summed E-state index contributed by atoms with van der Waals surface area (Å²) in [6, 6.07) is 2.80. The minimum atomic E-state index is -3.56. The number of amides is 6. The lowest BCUT2D eigenvalue weighted by Gasteiger charge is -2.37. The molecule has 55 heavy (non-hydrogen) atoms. The van der Waals surface area contributed by atoms with E-state index >= 15 is 0 Å². The van der Waals surface area contributed by atoms with Gasteiger partial charge in [0, 0.05) is 39.1 Å². The number of nitrogens with zero attached hydrogens (tertiary/aromatic N) is 3. The van der Waals surface area contributed by atoms with Crippen molar-refractivity contribution in [3.8, 4) is 0 Å². The Balaban J connectivity index is 1.58. The van der Waals surface area contributed by atoms with Crippen LogP contribution in [0.2, 0.25) is 0 Å². The highest BCUT2D eigenvalue weighted by atomic mass is 32.2. The Morgan fingerprint density at radius 3 is 2.15 bits per heavy atom. The number of hydrogen-bond acceptors (Lipinski definition) is 9. The first-order chi connectivity index (χ1) is 25.4. The van der Waals surface area contributed by atoms with Crippen LogP contribution in [0.15, 0.2) is 24.3 Å². The number of ether oxygens (including phenoxy) is 1. The predicted octanol–water partition coefficient (Wildman–Crippen LogP) is 1.90. The first-order valence-electron chi connectivity index (χ1n) is 18.9. The second-order valence-corrected chi connectivity index (χ2v) is 19.5. The number of primary amides is 1. The molecule has 2 fully saturated rings. The van der Waals surface area contributed by atoms with Gasteiger partial charge in [-0.25, -0.2) is 22.3 Å². The molecule has 1 aromatic carbocycles. The number of rotatable bonds is 13. The maximum Gasteiger partial charge on any atom is 0.410 e. The van der Waals surface area contributed by atoms with E-state index in [1.165, 1.54) is 11.9 Å². The molecule has 306 valence electrons. The Morgan fingerprint density at radius 2 is 1.60 bits per heavy atom. The van der Waals surface area contributed by atoms with Crippen molar-refractivity contribution in [3.05, 3.63) is 35.4 Å². The molecule has 1 saturated carbocycles. The summed E-state index contributed by atoms with van der Waals surface area (Å²) in [5.41, 5.74) is 6.01. The zero-order valence-corrected chi connectivity index (χ0v) is 34.2. The smallest absolute Gasteiger partial charge is 0.410 e. The van der Waals surface area contributed by atoms with Gasteiger partial charge < -0.3 is 36.2 Å². The predicted molar refractivity (Wildman–Crippen MR) is 205 cm³/mol. The van der Waals surface area contributed by atoms with E-state index in [4.69, 9.17) is 10.5 Å². The third-order valence-corrected chi connectivity index (χ3v) is 12.2. The van der Waals surface area contributed by atoms with Crippen molar-refractivity contribution >= 4 is 45.7 Å². The highest BCUT2D eigenvalue weighted by Gasteiger charge is 2.47. The molecule has 16 nitrogen and oxygen atoms in total. The Morgan fingerprint density at radius 1 is 0.964 bits per heavy atom. The molecule has 2 aliphatic heterocycles.